The van der Waals surface area contributed by atoms with E-state index in [2.05, 4.69) is 10.2 Å². The molecule has 0 aliphatic rings. The maximum atomic E-state index is 13.9. The molecule has 1 aromatic carbocycles. The van der Waals surface area contributed by atoms with Crippen LogP contribution < -0.4 is 16.0 Å². The van der Waals surface area contributed by atoms with Gasteiger partial charge in [0, 0.05) is 25.7 Å². The number of amides is 1. The van der Waals surface area contributed by atoms with Crippen molar-refractivity contribution in [2.24, 2.45) is 0 Å². The summed E-state index contributed by atoms with van der Waals surface area (Å²) in [5.74, 6) is -0.262. The predicted molar refractivity (Wildman–Crippen MR) is 149 cm³/mol. The zero-order valence-corrected chi connectivity index (χ0v) is 23.6. The van der Waals surface area contributed by atoms with E-state index in [1.54, 1.807) is 14.0 Å². The monoisotopic (exact) mass is 576 g/mol. The number of aromatic nitrogens is 5. The zero-order valence-electron chi connectivity index (χ0n) is 22.8. The maximum Gasteiger partial charge on any atom is 0.332 e. The second-order valence-corrected chi connectivity index (χ2v) is 9.80. The number of rotatable bonds is 10. The SMILES string of the molecule is CCCN(C)C(=O)Cn1c(=O)c2c(C)c(-n3nccn3)sc2n(CCc2cc(F)ccc2OC)c1=O.OCCO. The van der Waals surface area contributed by atoms with Crippen molar-refractivity contribution in [2.45, 2.75) is 39.8 Å². The van der Waals surface area contributed by atoms with E-state index >= 15 is 0 Å². The summed E-state index contributed by atoms with van der Waals surface area (Å²) in [7, 11) is 3.13. The Bertz CT molecular complexity index is 1560. The van der Waals surface area contributed by atoms with Crippen molar-refractivity contribution in [3.8, 4) is 10.8 Å². The van der Waals surface area contributed by atoms with Crippen LogP contribution >= 0.6 is 11.3 Å². The Balaban J connectivity index is 0.00000103. The molecule has 0 atom stereocenters. The lowest BCUT2D eigenvalue weighted by molar-refractivity contribution is -0.130. The van der Waals surface area contributed by atoms with Gasteiger partial charge in [-0.15, -0.1) is 4.80 Å². The molecule has 0 radical (unpaired) electrons. The molecule has 12 nitrogen and oxygen atoms in total. The molecule has 1 amide bonds. The first-order valence-corrected chi connectivity index (χ1v) is 13.4. The van der Waals surface area contributed by atoms with Crippen molar-refractivity contribution in [1.29, 1.82) is 0 Å². The average Bonchev–Trinajstić information content (AvgIpc) is 3.59. The molecule has 3 aromatic heterocycles. The molecule has 0 aliphatic heterocycles. The molecule has 0 aliphatic carbocycles. The molecular formula is C26H33FN6O6S. The van der Waals surface area contributed by atoms with Gasteiger partial charge in [-0.1, -0.05) is 18.3 Å². The second-order valence-electron chi connectivity index (χ2n) is 8.83. The number of carbonyl (C=O) groups excluding carboxylic acids is 1. The summed E-state index contributed by atoms with van der Waals surface area (Å²) in [6, 6.07) is 4.19. The van der Waals surface area contributed by atoms with Crippen LogP contribution in [-0.4, -0.2) is 79.1 Å². The summed E-state index contributed by atoms with van der Waals surface area (Å²) in [5, 5.41) is 24.5. The number of aliphatic hydroxyl groups is 2. The van der Waals surface area contributed by atoms with Crippen LogP contribution in [0.1, 0.15) is 24.5 Å². The summed E-state index contributed by atoms with van der Waals surface area (Å²) in [5.41, 5.74) is 0.0371. The van der Waals surface area contributed by atoms with Crippen molar-refractivity contribution in [1.82, 2.24) is 29.0 Å². The molecule has 40 heavy (non-hydrogen) atoms. The normalized spacial score (nSPS) is 10.9. The first-order chi connectivity index (χ1) is 19.2. The molecule has 0 saturated carbocycles. The lowest BCUT2D eigenvalue weighted by Gasteiger charge is -2.18. The number of nitrogens with zero attached hydrogens (tertiary/aromatic N) is 6. The average molecular weight is 577 g/mol. The van der Waals surface area contributed by atoms with Gasteiger partial charge in [0.15, 0.2) is 0 Å². The Labute approximate surface area is 233 Å². The van der Waals surface area contributed by atoms with Crippen LogP contribution in [0, 0.1) is 12.7 Å². The van der Waals surface area contributed by atoms with E-state index in [1.807, 2.05) is 6.92 Å². The highest BCUT2D eigenvalue weighted by atomic mass is 32.1. The number of aryl methyl sites for hydroxylation is 3. The second kappa shape index (κ2) is 14.0. The molecule has 14 heteroatoms. The van der Waals surface area contributed by atoms with Gasteiger partial charge >= 0.3 is 5.69 Å². The van der Waals surface area contributed by atoms with Crippen molar-refractivity contribution in [2.75, 3.05) is 33.9 Å². The fraction of sp³-hybridized carbons (Fsp3) is 0.423. The fourth-order valence-electron chi connectivity index (χ4n) is 4.12. The molecular weight excluding hydrogens is 543 g/mol. The van der Waals surface area contributed by atoms with Gasteiger partial charge in [-0.25, -0.2) is 9.18 Å². The van der Waals surface area contributed by atoms with E-state index < -0.39 is 17.1 Å². The summed E-state index contributed by atoms with van der Waals surface area (Å²) >= 11 is 1.21. The highest BCUT2D eigenvalue weighted by Gasteiger charge is 2.23. The molecule has 0 saturated heterocycles. The topological polar surface area (TPSA) is 145 Å². The van der Waals surface area contributed by atoms with E-state index in [0.717, 1.165) is 11.0 Å². The minimum absolute atomic E-state index is 0.125. The molecule has 216 valence electrons. The summed E-state index contributed by atoms with van der Waals surface area (Å²) in [4.78, 5) is 43.2. The third kappa shape index (κ3) is 6.63. The number of fused-ring (bicyclic) bond motifs is 1. The van der Waals surface area contributed by atoms with Crippen LogP contribution in [0.2, 0.25) is 0 Å². The van der Waals surface area contributed by atoms with E-state index in [4.69, 9.17) is 14.9 Å². The number of carbonyl (C=O) groups is 1. The molecule has 4 aromatic rings. The van der Waals surface area contributed by atoms with Gasteiger partial charge in [0.25, 0.3) is 5.56 Å². The van der Waals surface area contributed by atoms with Crippen molar-refractivity contribution >= 4 is 27.5 Å². The Morgan fingerprint density at radius 1 is 1.15 bits per heavy atom. The lowest BCUT2D eigenvalue weighted by Crippen LogP contribution is -2.44. The van der Waals surface area contributed by atoms with Gasteiger partial charge in [0.1, 0.15) is 27.9 Å². The fourth-order valence-corrected chi connectivity index (χ4v) is 5.36. The first kappa shape index (κ1) is 30.7. The molecule has 0 fully saturated rings. The van der Waals surface area contributed by atoms with Gasteiger partial charge in [-0.2, -0.15) is 10.2 Å². The van der Waals surface area contributed by atoms with Crippen LogP contribution in [0.3, 0.4) is 0 Å². The number of hydrogen-bond acceptors (Lipinski definition) is 9. The molecule has 0 bridgehead atoms. The molecule has 4 rings (SSSR count). The highest BCUT2D eigenvalue weighted by molar-refractivity contribution is 7.21. The minimum atomic E-state index is -0.609. The number of thiophene rings is 1. The van der Waals surface area contributed by atoms with Gasteiger partial charge in [0.2, 0.25) is 5.91 Å². The highest BCUT2D eigenvalue weighted by Crippen LogP contribution is 2.30. The van der Waals surface area contributed by atoms with Crippen molar-refractivity contribution < 1.29 is 24.1 Å². The summed E-state index contributed by atoms with van der Waals surface area (Å²) < 4.78 is 21.7. The number of ether oxygens (including phenoxy) is 1. The third-order valence-corrected chi connectivity index (χ3v) is 7.38. The standard InChI is InChI=1S/C24H27FN6O4S.C2H6O2/c1-5-11-28(3)19(32)14-30-21(33)20-15(2)22(31-26-9-10-27-31)36-23(20)29(24(30)34)12-8-16-13-17(25)6-7-18(16)35-4;3-1-2-4/h6-7,9-10,13H,5,8,11-12,14H2,1-4H3;3-4H,1-2H2. The Morgan fingerprint density at radius 2 is 1.82 bits per heavy atom. The van der Waals surface area contributed by atoms with Gasteiger partial charge < -0.3 is 19.8 Å². The first-order valence-electron chi connectivity index (χ1n) is 12.6. The van der Waals surface area contributed by atoms with E-state index in [1.165, 1.54) is 63.3 Å². The Kier molecular flexibility index (Phi) is 10.7. The van der Waals surface area contributed by atoms with Gasteiger partial charge in [-0.05, 0) is 43.5 Å². The Hall–Kier alpha value is -3.88. The summed E-state index contributed by atoms with van der Waals surface area (Å²) in [6.45, 7) is 3.72. The van der Waals surface area contributed by atoms with Gasteiger partial charge in [-0.3, -0.25) is 18.7 Å². The lowest BCUT2D eigenvalue weighted by atomic mass is 10.1. The molecule has 0 spiro atoms. The number of benzene rings is 1. The molecule has 0 unspecified atom stereocenters. The Morgan fingerprint density at radius 3 is 2.42 bits per heavy atom. The smallest absolute Gasteiger partial charge is 0.332 e. The zero-order chi connectivity index (χ0) is 29.4. The molecule has 3 heterocycles. The number of hydrogen-bond donors (Lipinski definition) is 2. The third-order valence-electron chi connectivity index (χ3n) is 6.09. The number of halogens is 1. The molecule has 2 N–H and O–H groups in total. The van der Waals surface area contributed by atoms with Gasteiger partial charge in [0.05, 0.1) is 38.1 Å². The predicted octanol–water partition coefficient (Wildman–Crippen LogP) is 1.34. The quantitative estimate of drug-likeness (QED) is 0.288. The maximum absolute atomic E-state index is 13.9. The van der Waals surface area contributed by atoms with Crippen molar-refractivity contribution in [3.05, 3.63) is 68.4 Å². The van der Waals surface area contributed by atoms with Crippen LogP contribution in [-0.2, 0) is 24.3 Å². The van der Waals surface area contributed by atoms with Crippen LogP contribution in [0.4, 0.5) is 4.39 Å². The van der Waals surface area contributed by atoms with Crippen LogP contribution in [0.25, 0.3) is 15.2 Å². The number of methoxy groups -OCH3 is 1. The van der Waals surface area contributed by atoms with E-state index in [9.17, 15) is 18.8 Å². The number of likely N-dealkylation sites (N-methyl/N-ethyl adjacent to an activating group) is 1. The minimum Gasteiger partial charge on any atom is -0.496 e. The van der Waals surface area contributed by atoms with Crippen LogP contribution in [0.5, 0.6) is 5.75 Å². The largest absolute Gasteiger partial charge is 0.496 e. The van der Waals surface area contributed by atoms with Crippen LogP contribution in [0.15, 0.2) is 40.2 Å². The summed E-state index contributed by atoms with van der Waals surface area (Å²) in [6.07, 6.45) is 4.06. The number of aliphatic hydroxyl groups excluding tert-OH is 2. The van der Waals surface area contributed by atoms with E-state index in [-0.39, 0.29) is 38.6 Å². The van der Waals surface area contributed by atoms with E-state index in [0.29, 0.717) is 38.6 Å². The van der Waals surface area contributed by atoms with Crippen molar-refractivity contribution in [3.63, 3.8) is 0 Å².